The summed E-state index contributed by atoms with van der Waals surface area (Å²) in [5, 5.41) is 5.20. The Morgan fingerprint density at radius 1 is 1.21 bits per heavy atom. The Bertz CT molecular complexity index is 863. The van der Waals surface area contributed by atoms with Crippen molar-refractivity contribution in [3.8, 4) is 0 Å². The molecule has 0 saturated heterocycles. The molecule has 1 aliphatic carbocycles. The number of hydrogen-bond acceptors (Lipinski definition) is 2. The number of amides is 1. The zero-order valence-electron chi connectivity index (χ0n) is 13.6. The third-order valence-electron chi connectivity index (χ3n) is 4.96. The minimum Gasteiger partial charge on any atom is -0.352 e. The summed E-state index contributed by atoms with van der Waals surface area (Å²) in [5.74, 6) is 0.635. The highest BCUT2D eigenvalue weighted by Crippen LogP contribution is 2.25. The minimum atomic E-state index is 0.0184. The van der Waals surface area contributed by atoms with Gasteiger partial charge in [0.1, 0.15) is 0 Å². The maximum absolute atomic E-state index is 12.5. The molecule has 1 unspecified atom stereocenters. The van der Waals surface area contributed by atoms with Crippen LogP contribution in [0.25, 0.3) is 10.8 Å². The maximum atomic E-state index is 12.5. The highest BCUT2D eigenvalue weighted by molar-refractivity contribution is 6.06. The van der Waals surface area contributed by atoms with Gasteiger partial charge in [-0.2, -0.15) is 0 Å². The summed E-state index contributed by atoms with van der Waals surface area (Å²) in [4.78, 5) is 20.1. The van der Waals surface area contributed by atoms with E-state index in [2.05, 4.69) is 15.3 Å². The van der Waals surface area contributed by atoms with Crippen LogP contribution in [-0.4, -0.2) is 22.4 Å². The average molecular weight is 319 g/mol. The quantitative estimate of drug-likeness (QED) is 0.773. The highest BCUT2D eigenvalue weighted by Gasteiger charge is 2.20. The molecule has 1 aromatic heterocycles. The maximum Gasteiger partial charge on any atom is 0.251 e. The van der Waals surface area contributed by atoms with E-state index in [4.69, 9.17) is 0 Å². The third kappa shape index (κ3) is 2.92. The molecule has 122 valence electrons. The summed E-state index contributed by atoms with van der Waals surface area (Å²) in [7, 11) is 0. The molecule has 1 heterocycles. The van der Waals surface area contributed by atoms with Crippen LogP contribution in [0.4, 0.5) is 0 Å². The lowest BCUT2D eigenvalue weighted by Gasteiger charge is -2.21. The lowest BCUT2D eigenvalue weighted by Crippen LogP contribution is -2.27. The van der Waals surface area contributed by atoms with Gasteiger partial charge in [-0.05, 0) is 48.4 Å². The zero-order valence-corrected chi connectivity index (χ0v) is 13.6. The summed E-state index contributed by atoms with van der Waals surface area (Å²) < 4.78 is 0. The number of H-pyrrole nitrogens is 1. The molecule has 1 aliphatic rings. The van der Waals surface area contributed by atoms with Gasteiger partial charge in [0.15, 0.2) is 0 Å². The van der Waals surface area contributed by atoms with Crippen LogP contribution >= 0.6 is 0 Å². The largest absolute Gasteiger partial charge is 0.352 e. The first-order chi connectivity index (χ1) is 11.8. The molecule has 0 bridgehead atoms. The summed E-state index contributed by atoms with van der Waals surface area (Å²) >= 11 is 0. The molecule has 4 rings (SSSR count). The minimum absolute atomic E-state index is 0.0184. The number of nitrogens with zero attached hydrogens (tertiary/aromatic N) is 1. The monoisotopic (exact) mass is 319 g/mol. The Morgan fingerprint density at radius 2 is 2.08 bits per heavy atom. The number of carbonyl (C=O) groups is 1. The normalized spacial score (nSPS) is 16.8. The van der Waals surface area contributed by atoms with Gasteiger partial charge in [0, 0.05) is 17.8 Å². The van der Waals surface area contributed by atoms with E-state index in [1.165, 1.54) is 11.4 Å². The molecule has 3 aromatic rings. The van der Waals surface area contributed by atoms with Crippen LogP contribution in [0, 0.1) is 5.92 Å². The number of imidazole rings is 1. The number of fused-ring (bicyclic) bond motifs is 2. The summed E-state index contributed by atoms with van der Waals surface area (Å²) in [6.45, 7) is 0.718. The van der Waals surface area contributed by atoms with Crippen molar-refractivity contribution in [3.05, 3.63) is 65.7 Å². The average Bonchev–Trinajstić information content (AvgIpc) is 3.09. The van der Waals surface area contributed by atoms with Gasteiger partial charge in [0.05, 0.1) is 12.0 Å². The van der Waals surface area contributed by atoms with Gasteiger partial charge >= 0.3 is 0 Å². The van der Waals surface area contributed by atoms with E-state index in [0.29, 0.717) is 5.92 Å². The van der Waals surface area contributed by atoms with Gasteiger partial charge in [0.25, 0.3) is 5.91 Å². The first-order valence-electron chi connectivity index (χ1n) is 8.58. The second-order valence-corrected chi connectivity index (χ2v) is 6.51. The zero-order chi connectivity index (χ0) is 16.4. The number of aromatic amines is 1. The summed E-state index contributed by atoms with van der Waals surface area (Å²) in [6, 6.07) is 13.9. The van der Waals surface area contributed by atoms with E-state index in [-0.39, 0.29) is 5.91 Å². The van der Waals surface area contributed by atoms with E-state index < -0.39 is 0 Å². The Kier molecular flexibility index (Phi) is 4.03. The van der Waals surface area contributed by atoms with E-state index in [1.54, 1.807) is 6.33 Å². The summed E-state index contributed by atoms with van der Waals surface area (Å²) in [5.41, 5.74) is 3.24. The second kappa shape index (κ2) is 6.48. The van der Waals surface area contributed by atoms with Gasteiger partial charge in [-0.15, -0.1) is 0 Å². The van der Waals surface area contributed by atoms with Crippen molar-refractivity contribution in [2.45, 2.75) is 25.7 Å². The van der Waals surface area contributed by atoms with Crippen molar-refractivity contribution in [2.75, 3.05) is 6.54 Å². The second-order valence-electron chi connectivity index (χ2n) is 6.51. The smallest absolute Gasteiger partial charge is 0.251 e. The fourth-order valence-corrected chi connectivity index (χ4v) is 3.63. The molecule has 4 heteroatoms. The van der Waals surface area contributed by atoms with Gasteiger partial charge in [0.2, 0.25) is 0 Å². The van der Waals surface area contributed by atoms with Gasteiger partial charge in [-0.1, -0.05) is 36.4 Å². The Morgan fingerprint density at radius 3 is 3.04 bits per heavy atom. The molecule has 0 radical (unpaired) electrons. The molecule has 2 N–H and O–H groups in total. The number of rotatable bonds is 4. The summed E-state index contributed by atoms with van der Waals surface area (Å²) in [6.07, 6.45) is 6.03. The van der Waals surface area contributed by atoms with E-state index in [9.17, 15) is 4.79 Å². The van der Waals surface area contributed by atoms with E-state index in [1.807, 2.05) is 42.5 Å². The lowest BCUT2D eigenvalue weighted by molar-refractivity contribution is 0.0952. The van der Waals surface area contributed by atoms with Crippen LogP contribution in [0.15, 0.2) is 48.8 Å². The van der Waals surface area contributed by atoms with Crippen LogP contribution in [0.5, 0.6) is 0 Å². The number of aryl methyl sites for hydroxylation is 1. The predicted octanol–water partition coefficient (Wildman–Crippen LogP) is 3.49. The van der Waals surface area contributed by atoms with E-state index in [0.717, 1.165) is 48.6 Å². The molecule has 1 atom stereocenters. The molecule has 24 heavy (non-hydrogen) atoms. The molecule has 0 aliphatic heterocycles. The molecular formula is C20H21N3O. The van der Waals surface area contributed by atoms with Crippen molar-refractivity contribution in [2.24, 2.45) is 5.92 Å². The molecule has 0 spiro atoms. The number of aromatic nitrogens is 2. The van der Waals surface area contributed by atoms with Crippen molar-refractivity contribution in [1.82, 2.24) is 15.3 Å². The topological polar surface area (TPSA) is 57.8 Å². The van der Waals surface area contributed by atoms with Crippen LogP contribution in [0.2, 0.25) is 0 Å². The third-order valence-corrected chi connectivity index (χ3v) is 4.96. The molecule has 0 saturated carbocycles. The number of nitrogens with one attached hydrogen (secondary N) is 2. The Hall–Kier alpha value is -2.62. The SMILES string of the molecule is O=C(NCCC1CCc2nc[nH]c2C1)c1cccc2ccccc12. The molecular weight excluding hydrogens is 298 g/mol. The Balaban J connectivity index is 1.37. The molecule has 2 aromatic carbocycles. The highest BCUT2D eigenvalue weighted by atomic mass is 16.1. The van der Waals surface area contributed by atoms with Gasteiger partial charge in [-0.25, -0.2) is 4.98 Å². The van der Waals surface area contributed by atoms with Crippen molar-refractivity contribution in [1.29, 1.82) is 0 Å². The lowest BCUT2D eigenvalue weighted by atomic mass is 9.87. The van der Waals surface area contributed by atoms with Crippen LogP contribution < -0.4 is 5.32 Å². The van der Waals surface area contributed by atoms with Crippen molar-refractivity contribution < 1.29 is 4.79 Å². The van der Waals surface area contributed by atoms with Crippen LogP contribution in [0.3, 0.4) is 0 Å². The molecule has 4 nitrogen and oxygen atoms in total. The predicted molar refractivity (Wildman–Crippen MR) is 95.0 cm³/mol. The standard InChI is InChI=1S/C20H21N3O/c24-20(17-7-3-5-15-4-1-2-6-16(15)17)21-11-10-14-8-9-18-19(12-14)23-13-22-18/h1-7,13-14H,8-12H2,(H,21,24)(H,22,23). The molecule has 1 amide bonds. The number of hydrogen-bond donors (Lipinski definition) is 2. The van der Waals surface area contributed by atoms with E-state index >= 15 is 0 Å². The first kappa shape index (κ1) is 14.9. The van der Waals surface area contributed by atoms with Crippen LogP contribution in [-0.2, 0) is 12.8 Å². The van der Waals surface area contributed by atoms with Crippen molar-refractivity contribution >= 4 is 16.7 Å². The fourth-order valence-electron chi connectivity index (χ4n) is 3.63. The van der Waals surface area contributed by atoms with Gasteiger partial charge in [-0.3, -0.25) is 4.79 Å². The number of benzene rings is 2. The fraction of sp³-hybridized carbons (Fsp3) is 0.300. The number of carbonyl (C=O) groups excluding carboxylic acids is 1. The van der Waals surface area contributed by atoms with Gasteiger partial charge < -0.3 is 10.3 Å². The van der Waals surface area contributed by atoms with Crippen molar-refractivity contribution in [3.63, 3.8) is 0 Å². The molecule has 0 fully saturated rings. The Labute approximate surface area is 141 Å². The first-order valence-corrected chi connectivity index (χ1v) is 8.58. The van der Waals surface area contributed by atoms with Crippen LogP contribution in [0.1, 0.15) is 34.6 Å².